The van der Waals surface area contributed by atoms with Crippen molar-refractivity contribution in [3.8, 4) is 0 Å². The van der Waals surface area contributed by atoms with E-state index in [0.29, 0.717) is 23.4 Å². The number of hydrogen-bond acceptors (Lipinski definition) is 3. The van der Waals surface area contributed by atoms with Gasteiger partial charge < -0.3 is 14.8 Å². The summed E-state index contributed by atoms with van der Waals surface area (Å²) in [6.07, 6.45) is 5.42. The van der Waals surface area contributed by atoms with Gasteiger partial charge in [0.2, 0.25) is 5.91 Å². The van der Waals surface area contributed by atoms with Crippen LogP contribution >= 0.6 is 15.9 Å². The molecule has 0 saturated heterocycles. The number of carbonyl (C=O) groups is 2. The van der Waals surface area contributed by atoms with Crippen molar-refractivity contribution < 1.29 is 19.1 Å². The molecule has 1 aliphatic rings. The molecule has 2 N–H and O–H groups in total. The highest BCUT2D eigenvalue weighted by Gasteiger charge is 2.32. The number of carboxylic acids is 1. The second-order valence-electron chi connectivity index (χ2n) is 4.86. The van der Waals surface area contributed by atoms with Crippen molar-refractivity contribution in [3.05, 3.63) is 28.6 Å². The van der Waals surface area contributed by atoms with Crippen molar-refractivity contribution in [2.75, 3.05) is 6.54 Å². The van der Waals surface area contributed by atoms with E-state index in [1.54, 1.807) is 18.2 Å². The van der Waals surface area contributed by atoms with Gasteiger partial charge in [-0.2, -0.15) is 0 Å². The molecule has 0 bridgehead atoms. The Morgan fingerprint density at radius 2 is 2.25 bits per heavy atom. The van der Waals surface area contributed by atoms with Crippen LogP contribution in [0.2, 0.25) is 0 Å². The van der Waals surface area contributed by atoms with Crippen LogP contribution in [0, 0.1) is 11.8 Å². The highest BCUT2D eigenvalue weighted by Crippen LogP contribution is 2.31. The van der Waals surface area contributed by atoms with Crippen LogP contribution in [-0.2, 0) is 9.59 Å². The van der Waals surface area contributed by atoms with Crippen molar-refractivity contribution in [2.24, 2.45) is 11.8 Å². The summed E-state index contributed by atoms with van der Waals surface area (Å²) in [5, 5.41) is 11.8. The molecule has 1 amide bonds. The van der Waals surface area contributed by atoms with E-state index in [-0.39, 0.29) is 17.7 Å². The fourth-order valence-corrected chi connectivity index (χ4v) is 2.79. The van der Waals surface area contributed by atoms with Gasteiger partial charge in [-0.3, -0.25) is 9.59 Å². The Hall–Kier alpha value is -1.56. The number of carbonyl (C=O) groups excluding carboxylic acids is 1. The SMILES string of the molecule is O=C(C=Cc1ccc(Br)o1)NCC1CCCC1C(=O)O. The van der Waals surface area contributed by atoms with Crippen molar-refractivity contribution in [1.82, 2.24) is 5.32 Å². The number of halogens is 1. The molecular weight excluding hydrogens is 326 g/mol. The van der Waals surface area contributed by atoms with Gasteiger partial charge in [-0.25, -0.2) is 0 Å². The molecule has 6 heteroatoms. The summed E-state index contributed by atoms with van der Waals surface area (Å²) in [5.74, 6) is -0.731. The first-order valence-electron chi connectivity index (χ1n) is 6.50. The molecule has 0 aliphatic heterocycles. The van der Waals surface area contributed by atoms with Gasteiger partial charge in [-0.15, -0.1) is 0 Å². The van der Waals surface area contributed by atoms with Gasteiger partial charge in [0, 0.05) is 12.6 Å². The molecule has 0 spiro atoms. The Labute approximate surface area is 125 Å². The summed E-state index contributed by atoms with van der Waals surface area (Å²) in [7, 11) is 0. The van der Waals surface area contributed by atoms with Gasteiger partial charge in [0.1, 0.15) is 5.76 Å². The zero-order valence-electron chi connectivity index (χ0n) is 10.8. The summed E-state index contributed by atoms with van der Waals surface area (Å²) < 4.78 is 5.84. The molecule has 2 unspecified atom stereocenters. The van der Waals surface area contributed by atoms with Crippen molar-refractivity contribution in [2.45, 2.75) is 19.3 Å². The molecule has 5 nitrogen and oxygen atoms in total. The lowest BCUT2D eigenvalue weighted by molar-refractivity contribution is -0.143. The quantitative estimate of drug-likeness (QED) is 0.807. The van der Waals surface area contributed by atoms with Crippen LogP contribution in [0.3, 0.4) is 0 Å². The number of nitrogens with one attached hydrogen (secondary N) is 1. The van der Waals surface area contributed by atoms with E-state index in [9.17, 15) is 9.59 Å². The molecule has 1 saturated carbocycles. The van der Waals surface area contributed by atoms with Gasteiger partial charge >= 0.3 is 5.97 Å². The summed E-state index contributed by atoms with van der Waals surface area (Å²) in [6, 6.07) is 3.48. The molecule has 1 aliphatic carbocycles. The normalized spacial score (nSPS) is 22.2. The zero-order valence-corrected chi connectivity index (χ0v) is 12.4. The minimum atomic E-state index is -0.766. The van der Waals surface area contributed by atoms with Crippen LogP contribution in [0.4, 0.5) is 0 Å². The van der Waals surface area contributed by atoms with E-state index in [0.717, 1.165) is 12.8 Å². The van der Waals surface area contributed by atoms with E-state index < -0.39 is 5.97 Å². The average molecular weight is 342 g/mol. The van der Waals surface area contributed by atoms with Gasteiger partial charge in [-0.1, -0.05) is 6.42 Å². The Balaban J connectivity index is 1.80. The van der Waals surface area contributed by atoms with Crippen LogP contribution in [0.25, 0.3) is 6.08 Å². The fraction of sp³-hybridized carbons (Fsp3) is 0.429. The second-order valence-corrected chi connectivity index (χ2v) is 5.64. The molecule has 108 valence electrons. The molecule has 0 aromatic carbocycles. The zero-order chi connectivity index (χ0) is 14.5. The summed E-state index contributed by atoms with van der Waals surface area (Å²) in [4.78, 5) is 22.7. The molecule has 2 atom stereocenters. The Kier molecular flexibility index (Phi) is 5.00. The summed E-state index contributed by atoms with van der Waals surface area (Å²) in [5.41, 5.74) is 0. The topological polar surface area (TPSA) is 79.5 Å². The maximum atomic E-state index is 11.7. The highest BCUT2D eigenvalue weighted by molar-refractivity contribution is 9.10. The Bertz CT molecular complexity index is 523. The maximum absolute atomic E-state index is 11.7. The van der Waals surface area contributed by atoms with E-state index in [4.69, 9.17) is 9.52 Å². The minimum Gasteiger partial charge on any atom is -0.481 e. The minimum absolute atomic E-state index is 0.0302. The smallest absolute Gasteiger partial charge is 0.306 e. The Morgan fingerprint density at radius 3 is 2.90 bits per heavy atom. The van der Waals surface area contributed by atoms with Crippen LogP contribution in [-0.4, -0.2) is 23.5 Å². The number of rotatable bonds is 5. The van der Waals surface area contributed by atoms with Gasteiger partial charge in [0.15, 0.2) is 4.67 Å². The molecular formula is C14H16BrNO4. The van der Waals surface area contributed by atoms with Crippen molar-refractivity contribution >= 4 is 33.9 Å². The molecule has 1 aromatic heterocycles. The largest absolute Gasteiger partial charge is 0.481 e. The molecule has 20 heavy (non-hydrogen) atoms. The van der Waals surface area contributed by atoms with Gasteiger partial charge in [0.05, 0.1) is 5.92 Å². The number of amides is 1. The number of hydrogen-bond donors (Lipinski definition) is 2. The molecule has 0 radical (unpaired) electrons. The third kappa shape index (κ3) is 3.96. The van der Waals surface area contributed by atoms with E-state index >= 15 is 0 Å². The first kappa shape index (κ1) is 14.8. The van der Waals surface area contributed by atoms with E-state index in [1.165, 1.54) is 6.08 Å². The maximum Gasteiger partial charge on any atom is 0.306 e. The monoisotopic (exact) mass is 341 g/mol. The second kappa shape index (κ2) is 6.74. The number of aliphatic carboxylic acids is 1. The highest BCUT2D eigenvalue weighted by atomic mass is 79.9. The lowest BCUT2D eigenvalue weighted by atomic mass is 9.96. The van der Waals surface area contributed by atoms with Crippen LogP contribution in [0.5, 0.6) is 0 Å². The third-order valence-electron chi connectivity index (χ3n) is 3.51. The van der Waals surface area contributed by atoms with Gasteiger partial charge in [0.25, 0.3) is 0 Å². The average Bonchev–Trinajstić information content (AvgIpc) is 3.02. The summed E-state index contributed by atoms with van der Waals surface area (Å²) in [6.45, 7) is 0.405. The van der Waals surface area contributed by atoms with E-state index in [1.807, 2.05) is 0 Å². The lowest BCUT2D eigenvalue weighted by Crippen LogP contribution is -2.32. The molecule has 1 fully saturated rings. The first-order valence-corrected chi connectivity index (χ1v) is 7.29. The lowest BCUT2D eigenvalue weighted by Gasteiger charge is -2.15. The Morgan fingerprint density at radius 1 is 1.45 bits per heavy atom. The molecule has 1 heterocycles. The van der Waals surface area contributed by atoms with Crippen molar-refractivity contribution in [1.29, 1.82) is 0 Å². The van der Waals surface area contributed by atoms with Crippen LogP contribution < -0.4 is 5.32 Å². The fourth-order valence-electron chi connectivity index (χ4n) is 2.47. The first-order chi connectivity index (χ1) is 9.56. The standard InChI is InChI=1S/C14H16BrNO4/c15-12-6-4-10(20-12)5-7-13(17)16-8-9-2-1-3-11(9)14(18)19/h4-7,9,11H,1-3,8H2,(H,16,17)(H,18,19). The van der Waals surface area contributed by atoms with Crippen molar-refractivity contribution in [3.63, 3.8) is 0 Å². The molecule has 1 aromatic rings. The number of furan rings is 1. The van der Waals surface area contributed by atoms with Crippen LogP contribution in [0.1, 0.15) is 25.0 Å². The van der Waals surface area contributed by atoms with E-state index in [2.05, 4.69) is 21.2 Å². The predicted molar refractivity (Wildman–Crippen MR) is 76.9 cm³/mol. The summed E-state index contributed by atoms with van der Waals surface area (Å²) >= 11 is 3.18. The predicted octanol–water partition coefficient (Wildman–Crippen LogP) is 2.67. The third-order valence-corrected chi connectivity index (χ3v) is 3.93. The van der Waals surface area contributed by atoms with Crippen LogP contribution in [0.15, 0.2) is 27.3 Å². The van der Waals surface area contributed by atoms with Gasteiger partial charge in [-0.05, 0) is 52.9 Å². The number of carboxylic acid groups (broad SMARTS) is 1. The molecule has 2 rings (SSSR count).